The van der Waals surface area contributed by atoms with Crippen LogP contribution in [0.15, 0.2) is 47.4 Å². The molecule has 4 rings (SSSR count). The standard InChI is InChI=1S/C18H17ClFN3O2S/c1-22(26(24,25)16-7-3-13(20)4-8-16)15-6-5-14-10-12-2-9-17(19)21-18(12)23(14)11-15/h2-4,7-10,15H,5-6,11H2,1H3. The van der Waals surface area contributed by atoms with E-state index in [4.69, 9.17) is 11.6 Å². The molecule has 3 heterocycles. The highest BCUT2D eigenvalue weighted by Crippen LogP contribution is 2.29. The Balaban J connectivity index is 1.66. The van der Waals surface area contributed by atoms with Crippen molar-refractivity contribution in [2.24, 2.45) is 0 Å². The van der Waals surface area contributed by atoms with Gasteiger partial charge in [-0.3, -0.25) is 0 Å². The van der Waals surface area contributed by atoms with Crippen LogP contribution < -0.4 is 0 Å². The average molecular weight is 394 g/mol. The van der Waals surface area contributed by atoms with Gasteiger partial charge in [-0.25, -0.2) is 17.8 Å². The summed E-state index contributed by atoms with van der Waals surface area (Å²) in [6.45, 7) is 0.503. The Bertz CT molecular complexity index is 1080. The molecule has 0 fully saturated rings. The van der Waals surface area contributed by atoms with E-state index in [1.807, 2.05) is 10.6 Å². The number of pyridine rings is 1. The summed E-state index contributed by atoms with van der Waals surface area (Å²) in [4.78, 5) is 4.48. The van der Waals surface area contributed by atoms with Gasteiger partial charge in [0.25, 0.3) is 0 Å². The number of aromatic nitrogens is 2. The Labute approximate surface area is 156 Å². The highest BCUT2D eigenvalue weighted by atomic mass is 35.5. The van der Waals surface area contributed by atoms with Gasteiger partial charge in [0.15, 0.2) is 0 Å². The number of likely N-dealkylation sites (N-methyl/N-ethyl adjacent to an activating group) is 1. The molecular formula is C18H17ClFN3O2S. The molecule has 1 unspecified atom stereocenters. The van der Waals surface area contributed by atoms with Crippen molar-refractivity contribution in [2.75, 3.05) is 7.05 Å². The Morgan fingerprint density at radius 1 is 1.23 bits per heavy atom. The number of hydrogen-bond donors (Lipinski definition) is 0. The van der Waals surface area contributed by atoms with E-state index in [1.165, 1.54) is 16.4 Å². The third-order valence-electron chi connectivity index (χ3n) is 4.93. The van der Waals surface area contributed by atoms with Gasteiger partial charge in [-0.2, -0.15) is 4.31 Å². The first-order valence-corrected chi connectivity index (χ1v) is 10.1. The number of fused-ring (bicyclic) bond motifs is 3. The van der Waals surface area contributed by atoms with Gasteiger partial charge in [-0.05, 0) is 55.3 Å². The smallest absolute Gasteiger partial charge is 0.243 e. The molecule has 1 aliphatic heterocycles. The summed E-state index contributed by atoms with van der Waals surface area (Å²) in [6.07, 6.45) is 1.46. The first kappa shape index (κ1) is 17.5. The maximum Gasteiger partial charge on any atom is 0.243 e. The van der Waals surface area contributed by atoms with E-state index in [0.717, 1.165) is 35.3 Å². The van der Waals surface area contributed by atoms with Gasteiger partial charge < -0.3 is 4.57 Å². The van der Waals surface area contributed by atoms with Gasteiger partial charge in [0.05, 0.1) is 4.90 Å². The normalized spacial score (nSPS) is 17.6. The van der Waals surface area contributed by atoms with Crippen LogP contribution in [0.4, 0.5) is 4.39 Å². The van der Waals surface area contributed by atoms with Gasteiger partial charge >= 0.3 is 0 Å². The highest BCUT2D eigenvalue weighted by Gasteiger charge is 2.31. The molecule has 2 aromatic heterocycles. The second-order valence-electron chi connectivity index (χ2n) is 6.46. The van der Waals surface area contributed by atoms with Crippen LogP contribution in [-0.4, -0.2) is 35.4 Å². The Kier molecular flexibility index (Phi) is 4.25. The third kappa shape index (κ3) is 2.90. The van der Waals surface area contributed by atoms with Crippen molar-refractivity contribution in [2.45, 2.75) is 30.3 Å². The molecule has 0 aliphatic carbocycles. The summed E-state index contributed by atoms with van der Waals surface area (Å²) in [5.41, 5.74) is 1.89. The van der Waals surface area contributed by atoms with Crippen LogP contribution in [0, 0.1) is 5.82 Å². The van der Waals surface area contributed by atoms with Crippen molar-refractivity contribution in [3.8, 4) is 0 Å². The molecule has 0 bridgehead atoms. The molecule has 0 spiro atoms. The van der Waals surface area contributed by atoms with E-state index in [0.29, 0.717) is 18.1 Å². The molecule has 0 N–H and O–H groups in total. The summed E-state index contributed by atoms with van der Waals surface area (Å²) in [5.74, 6) is -0.462. The van der Waals surface area contributed by atoms with Gasteiger partial charge in [0, 0.05) is 30.7 Å². The summed E-state index contributed by atoms with van der Waals surface area (Å²) in [6, 6.07) is 10.4. The van der Waals surface area contributed by atoms with E-state index in [1.54, 1.807) is 13.1 Å². The molecule has 0 saturated carbocycles. The highest BCUT2D eigenvalue weighted by molar-refractivity contribution is 7.89. The van der Waals surface area contributed by atoms with Gasteiger partial charge in [-0.15, -0.1) is 0 Å². The SMILES string of the molecule is CN(C1CCc2cc3ccc(Cl)nc3n2C1)S(=O)(=O)c1ccc(F)cc1. The lowest BCUT2D eigenvalue weighted by Crippen LogP contribution is -2.42. The lowest BCUT2D eigenvalue weighted by atomic mass is 10.1. The number of aryl methyl sites for hydroxylation is 1. The molecule has 136 valence electrons. The molecule has 0 radical (unpaired) electrons. The van der Waals surface area contributed by atoms with Crippen molar-refractivity contribution in [3.63, 3.8) is 0 Å². The number of benzene rings is 1. The molecule has 0 saturated heterocycles. The Morgan fingerprint density at radius 2 is 1.96 bits per heavy atom. The van der Waals surface area contributed by atoms with Crippen molar-refractivity contribution in [1.82, 2.24) is 13.9 Å². The number of halogens is 2. The second kappa shape index (κ2) is 6.33. The van der Waals surface area contributed by atoms with Gasteiger partial charge in [0.2, 0.25) is 10.0 Å². The van der Waals surface area contributed by atoms with Crippen LogP contribution in [0.1, 0.15) is 12.1 Å². The lowest BCUT2D eigenvalue weighted by Gasteiger charge is -2.32. The monoisotopic (exact) mass is 393 g/mol. The molecule has 5 nitrogen and oxygen atoms in total. The minimum Gasteiger partial charge on any atom is -0.328 e. The Morgan fingerprint density at radius 3 is 2.69 bits per heavy atom. The van der Waals surface area contributed by atoms with Gasteiger partial charge in [0.1, 0.15) is 16.6 Å². The number of hydrogen-bond acceptors (Lipinski definition) is 3. The summed E-state index contributed by atoms with van der Waals surface area (Å²) in [7, 11) is -2.13. The molecule has 1 aromatic carbocycles. The summed E-state index contributed by atoms with van der Waals surface area (Å²) < 4.78 is 42.3. The summed E-state index contributed by atoms with van der Waals surface area (Å²) >= 11 is 6.02. The molecule has 8 heteroatoms. The van der Waals surface area contributed by atoms with Crippen molar-refractivity contribution >= 4 is 32.7 Å². The Hall–Kier alpha value is -1.96. The zero-order valence-corrected chi connectivity index (χ0v) is 15.6. The molecule has 26 heavy (non-hydrogen) atoms. The fourth-order valence-corrected chi connectivity index (χ4v) is 4.97. The lowest BCUT2D eigenvalue weighted by molar-refractivity contribution is 0.294. The third-order valence-corrected chi connectivity index (χ3v) is 7.06. The minimum atomic E-state index is -3.70. The average Bonchev–Trinajstić information content (AvgIpc) is 2.98. The zero-order valence-electron chi connectivity index (χ0n) is 14.1. The fraction of sp³-hybridized carbons (Fsp3) is 0.278. The molecule has 0 amide bonds. The van der Waals surface area contributed by atoms with E-state index in [-0.39, 0.29) is 10.9 Å². The quantitative estimate of drug-likeness (QED) is 0.640. The minimum absolute atomic E-state index is 0.0886. The van der Waals surface area contributed by atoms with Crippen molar-refractivity contribution in [1.29, 1.82) is 0 Å². The fourth-order valence-electron chi connectivity index (χ4n) is 3.45. The van der Waals surface area contributed by atoms with E-state index >= 15 is 0 Å². The zero-order chi connectivity index (χ0) is 18.5. The first-order chi connectivity index (χ1) is 12.4. The predicted octanol–water partition coefficient (Wildman–Crippen LogP) is 3.46. The van der Waals surface area contributed by atoms with Gasteiger partial charge in [-0.1, -0.05) is 11.6 Å². The van der Waals surface area contributed by atoms with E-state index in [9.17, 15) is 12.8 Å². The van der Waals surface area contributed by atoms with Crippen LogP contribution in [0.3, 0.4) is 0 Å². The number of sulfonamides is 1. The largest absolute Gasteiger partial charge is 0.328 e. The van der Waals surface area contributed by atoms with Crippen molar-refractivity contribution < 1.29 is 12.8 Å². The first-order valence-electron chi connectivity index (χ1n) is 8.24. The maximum atomic E-state index is 13.1. The van der Waals surface area contributed by atoms with Crippen molar-refractivity contribution in [3.05, 3.63) is 59.1 Å². The number of rotatable bonds is 3. The molecular weight excluding hydrogens is 377 g/mol. The second-order valence-corrected chi connectivity index (χ2v) is 8.85. The van der Waals surface area contributed by atoms with Crippen LogP contribution in [-0.2, 0) is 23.0 Å². The van der Waals surface area contributed by atoms with Crippen LogP contribution >= 0.6 is 11.6 Å². The van der Waals surface area contributed by atoms with E-state index < -0.39 is 15.8 Å². The van der Waals surface area contributed by atoms with Crippen LogP contribution in [0.5, 0.6) is 0 Å². The molecule has 1 aliphatic rings. The predicted molar refractivity (Wildman–Crippen MR) is 98.2 cm³/mol. The maximum absolute atomic E-state index is 13.1. The topological polar surface area (TPSA) is 55.2 Å². The van der Waals surface area contributed by atoms with Crippen LogP contribution in [0.25, 0.3) is 11.0 Å². The number of nitrogens with zero attached hydrogens (tertiary/aromatic N) is 3. The molecule has 1 atom stereocenters. The van der Waals surface area contributed by atoms with E-state index in [2.05, 4.69) is 11.1 Å². The summed E-state index contributed by atoms with van der Waals surface area (Å²) in [5, 5.41) is 1.40. The van der Waals surface area contributed by atoms with Crippen LogP contribution in [0.2, 0.25) is 5.15 Å². The molecule has 3 aromatic rings.